The average Bonchev–Trinajstić information content (AvgIpc) is 3.26. The summed E-state index contributed by atoms with van der Waals surface area (Å²) in [6.07, 6.45) is 0.858. The van der Waals surface area contributed by atoms with Gasteiger partial charge in [0.1, 0.15) is 18.5 Å². The van der Waals surface area contributed by atoms with Gasteiger partial charge in [-0.25, -0.2) is 18.8 Å². The van der Waals surface area contributed by atoms with Crippen molar-refractivity contribution in [1.82, 2.24) is 24.6 Å². The molecule has 9 heteroatoms. The number of ether oxygens (including phenoxy) is 1. The molecule has 1 aromatic heterocycles. The van der Waals surface area contributed by atoms with E-state index in [0.29, 0.717) is 25.9 Å². The second-order valence-electron chi connectivity index (χ2n) is 6.83. The number of carbonyl (C=O) groups is 2. The molecule has 142 valence electrons. The van der Waals surface area contributed by atoms with E-state index < -0.39 is 12.1 Å². The topological polar surface area (TPSA) is 98.5 Å². The Balaban J connectivity index is 1.51. The van der Waals surface area contributed by atoms with Gasteiger partial charge in [-0.1, -0.05) is 18.2 Å². The molecule has 2 amide bonds. The molecule has 4 rings (SSSR count). The third-order valence-corrected chi connectivity index (χ3v) is 5.11. The van der Waals surface area contributed by atoms with Crippen LogP contribution in [0.15, 0.2) is 35.1 Å². The first-order chi connectivity index (χ1) is 13.0. The number of para-hydroxylation sites is 1. The lowest BCUT2D eigenvalue weighted by Gasteiger charge is -2.32. The highest BCUT2D eigenvalue weighted by molar-refractivity contribution is 5.87. The maximum Gasteiger partial charge on any atom is 0.407 e. The third kappa shape index (κ3) is 3.20. The first-order valence-corrected chi connectivity index (χ1v) is 8.98. The standard InChI is InChI=1S/C18H21N5O4/c1-21-18(26)23(13-5-3-2-4-6-13)15(20-21)12-7-9-22(10-8-12)16(24)14-11-27-17(25)19-14/h2-6,12,14H,7-11H2,1H3,(H,19,25)/t14-/m0/s1. The molecule has 0 radical (unpaired) electrons. The summed E-state index contributed by atoms with van der Waals surface area (Å²) in [6, 6.07) is 8.84. The fourth-order valence-corrected chi connectivity index (χ4v) is 3.66. The number of hydrogen-bond acceptors (Lipinski definition) is 5. The van der Waals surface area contributed by atoms with Crippen molar-refractivity contribution >= 4 is 12.0 Å². The number of rotatable bonds is 3. The van der Waals surface area contributed by atoms with Gasteiger partial charge >= 0.3 is 11.8 Å². The van der Waals surface area contributed by atoms with Gasteiger partial charge < -0.3 is 15.0 Å². The molecule has 2 fully saturated rings. The summed E-state index contributed by atoms with van der Waals surface area (Å²) in [6.45, 7) is 1.18. The van der Waals surface area contributed by atoms with E-state index >= 15 is 0 Å². The van der Waals surface area contributed by atoms with Crippen LogP contribution >= 0.6 is 0 Å². The number of carbonyl (C=O) groups excluding carboxylic acids is 2. The Labute approximate surface area is 155 Å². The van der Waals surface area contributed by atoms with Gasteiger partial charge in [-0.15, -0.1) is 0 Å². The average molecular weight is 371 g/mol. The molecule has 0 spiro atoms. The first-order valence-electron chi connectivity index (χ1n) is 8.98. The second kappa shape index (κ2) is 6.90. The number of hydrogen-bond donors (Lipinski definition) is 1. The lowest BCUT2D eigenvalue weighted by Crippen LogP contribution is -2.48. The van der Waals surface area contributed by atoms with Crippen molar-refractivity contribution in [3.8, 4) is 5.69 Å². The zero-order chi connectivity index (χ0) is 19.0. The number of likely N-dealkylation sites (tertiary alicyclic amines) is 1. The predicted molar refractivity (Wildman–Crippen MR) is 95.6 cm³/mol. The minimum Gasteiger partial charge on any atom is -0.447 e. The quantitative estimate of drug-likeness (QED) is 0.841. The molecule has 1 atom stereocenters. The Bertz CT molecular complexity index is 912. The monoisotopic (exact) mass is 371 g/mol. The number of nitrogens with zero attached hydrogens (tertiary/aromatic N) is 4. The summed E-state index contributed by atoms with van der Waals surface area (Å²) in [7, 11) is 1.65. The minimum atomic E-state index is -0.605. The third-order valence-electron chi connectivity index (χ3n) is 5.11. The van der Waals surface area contributed by atoms with Crippen molar-refractivity contribution in [2.24, 2.45) is 7.05 Å². The molecule has 2 aromatic rings. The molecule has 3 heterocycles. The highest BCUT2D eigenvalue weighted by Crippen LogP contribution is 2.28. The summed E-state index contributed by atoms with van der Waals surface area (Å²) in [5.74, 6) is 0.677. The fourth-order valence-electron chi connectivity index (χ4n) is 3.66. The summed E-state index contributed by atoms with van der Waals surface area (Å²) in [5, 5.41) is 6.98. The van der Waals surface area contributed by atoms with Crippen LogP contribution in [-0.4, -0.2) is 57.0 Å². The number of aryl methyl sites for hydroxylation is 1. The van der Waals surface area contributed by atoms with Crippen molar-refractivity contribution in [3.05, 3.63) is 46.6 Å². The molecular weight excluding hydrogens is 350 g/mol. The van der Waals surface area contributed by atoms with Crippen molar-refractivity contribution < 1.29 is 14.3 Å². The SMILES string of the molecule is Cn1nc(C2CCN(C(=O)[C@@H]3COC(=O)N3)CC2)n(-c2ccccc2)c1=O. The molecular formula is C18H21N5O4. The molecule has 0 saturated carbocycles. The van der Waals surface area contributed by atoms with Gasteiger partial charge in [-0.05, 0) is 25.0 Å². The van der Waals surface area contributed by atoms with Crippen LogP contribution in [0, 0.1) is 0 Å². The van der Waals surface area contributed by atoms with E-state index in [0.717, 1.165) is 11.5 Å². The van der Waals surface area contributed by atoms with Gasteiger partial charge in [-0.3, -0.25) is 4.79 Å². The van der Waals surface area contributed by atoms with Gasteiger partial charge in [0.2, 0.25) is 5.91 Å². The molecule has 2 aliphatic heterocycles. The van der Waals surface area contributed by atoms with Gasteiger partial charge in [0, 0.05) is 26.1 Å². The Hall–Kier alpha value is -3.10. The summed E-state index contributed by atoms with van der Waals surface area (Å²) < 4.78 is 7.80. The van der Waals surface area contributed by atoms with Crippen molar-refractivity contribution in [3.63, 3.8) is 0 Å². The molecule has 0 aliphatic carbocycles. The molecule has 27 heavy (non-hydrogen) atoms. The van der Waals surface area contributed by atoms with E-state index in [9.17, 15) is 14.4 Å². The fraction of sp³-hybridized carbons (Fsp3) is 0.444. The summed E-state index contributed by atoms with van der Waals surface area (Å²) >= 11 is 0. The van der Waals surface area contributed by atoms with Crippen LogP contribution in [0.1, 0.15) is 24.6 Å². The lowest BCUT2D eigenvalue weighted by molar-refractivity contribution is -0.134. The molecule has 0 unspecified atom stereocenters. The van der Waals surface area contributed by atoms with E-state index in [-0.39, 0.29) is 24.1 Å². The number of alkyl carbamates (subject to hydrolysis) is 1. The smallest absolute Gasteiger partial charge is 0.407 e. The van der Waals surface area contributed by atoms with Gasteiger partial charge in [-0.2, -0.15) is 5.10 Å². The number of benzene rings is 1. The van der Waals surface area contributed by atoms with Crippen LogP contribution in [-0.2, 0) is 16.6 Å². The highest BCUT2D eigenvalue weighted by atomic mass is 16.6. The lowest BCUT2D eigenvalue weighted by atomic mass is 9.95. The van der Waals surface area contributed by atoms with Crippen LogP contribution in [0.5, 0.6) is 0 Å². The van der Waals surface area contributed by atoms with E-state index in [1.807, 2.05) is 30.3 Å². The van der Waals surface area contributed by atoms with Crippen LogP contribution in [0.4, 0.5) is 4.79 Å². The van der Waals surface area contributed by atoms with E-state index in [2.05, 4.69) is 10.4 Å². The van der Waals surface area contributed by atoms with Gasteiger partial charge in [0.25, 0.3) is 0 Å². The maximum absolute atomic E-state index is 12.6. The molecule has 2 saturated heterocycles. The number of cyclic esters (lactones) is 1. The summed E-state index contributed by atoms with van der Waals surface area (Å²) in [5.41, 5.74) is 0.607. The summed E-state index contributed by atoms with van der Waals surface area (Å²) in [4.78, 5) is 37.9. The number of nitrogens with one attached hydrogen (secondary N) is 1. The van der Waals surface area contributed by atoms with Crippen molar-refractivity contribution in [1.29, 1.82) is 0 Å². The Kier molecular flexibility index (Phi) is 4.43. The largest absolute Gasteiger partial charge is 0.447 e. The van der Waals surface area contributed by atoms with E-state index in [1.165, 1.54) is 4.68 Å². The van der Waals surface area contributed by atoms with Crippen LogP contribution in [0.2, 0.25) is 0 Å². The number of piperidine rings is 1. The zero-order valence-corrected chi connectivity index (χ0v) is 15.0. The van der Waals surface area contributed by atoms with E-state index in [4.69, 9.17) is 4.74 Å². The molecule has 1 N–H and O–H groups in total. The van der Waals surface area contributed by atoms with Crippen molar-refractivity contribution in [2.75, 3.05) is 19.7 Å². The van der Waals surface area contributed by atoms with Crippen LogP contribution in [0.25, 0.3) is 5.69 Å². The molecule has 2 aliphatic rings. The molecule has 1 aromatic carbocycles. The van der Waals surface area contributed by atoms with Gasteiger partial charge in [0.15, 0.2) is 0 Å². The zero-order valence-electron chi connectivity index (χ0n) is 15.0. The second-order valence-corrected chi connectivity index (χ2v) is 6.83. The predicted octanol–water partition coefficient (Wildman–Crippen LogP) is 0.385. The highest BCUT2D eigenvalue weighted by Gasteiger charge is 2.35. The maximum atomic E-state index is 12.6. The number of aromatic nitrogens is 3. The Morgan fingerprint density at radius 1 is 1.19 bits per heavy atom. The molecule has 9 nitrogen and oxygen atoms in total. The van der Waals surface area contributed by atoms with Crippen LogP contribution in [0.3, 0.4) is 0 Å². The van der Waals surface area contributed by atoms with Crippen molar-refractivity contribution in [2.45, 2.75) is 24.8 Å². The van der Waals surface area contributed by atoms with E-state index in [1.54, 1.807) is 16.5 Å². The van der Waals surface area contributed by atoms with Crippen LogP contribution < -0.4 is 11.0 Å². The number of amides is 2. The first kappa shape index (κ1) is 17.3. The minimum absolute atomic E-state index is 0.0748. The molecule has 0 bridgehead atoms. The van der Waals surface area contributed by atoms with Gasteiger partial charge in [0.05, 0.1) is 5.69 Å². The Morgan fingerprint density at radius 2 is 1.89 bits per heavy atom. The Morgan fingerprint density at radius 3 is 2.52 bits per heavy atom. The normalized spacial score (nSPS) is 20.4.